The molecule has 1 atom stereocenters. The van der Waals surface area contributed by atoms with Crippen LogP contribution in [0.5, 0.6) is 0 Å². The molecule has 0 aromatic heterocycles. The molecule has 0 aliphatic heterocycles. The Balaban J connectivity index is 1.97. The molecule has 16 heavy (non-hydrogen) atoms. The van der Waals surface area contributed by atoms with Crippen molar-refractivity contribution < 1.29 is 4.74 Å². The van der Waals surface area contributed by atoms with Crippen LogP contribution in [0.3, 0.4) is 0 Å². The summed E-state index contributed by atoms with van der Waals surface area (Å²) < 4.78 is 5.87. The molecule has 1 nitrogen and oxygen atoms in total. The molecule has 0 amide bonds. The molecule has 0 radical (unpaired) electrons. The minimum Gasteiger partial charge on any atom is -0.373 e. The predicted molar refractivity (Wildman–Crippen MR) is 69.6 cm³/mol. The van der Waals surface area contributed by atoms with Gasteiger partial charge in [-0.05, 0) is 31.3 Å². The summed E-state index contributed by atoms with van der Waals surface area (Å²) in [5, 5.41) is 0. The van der Waals surface area contributed by atoms with Crippen molar-refractivity contribution in [2.75, 3.05) is 6.61 Å². The molecule has 1 rings (SSSR count). The first-order valence-corrected chi connectivity index (χ1v) is 6.89. The third kappa shape index (κ3) is 5.01. The average molecular weight is 222 g/mol. The van der Waals surface area contributed by atoms with Gasteiger partial charge < -0.3 is 4.74 Å². The van der Waals surface area contributed by atoms with Gasteiger partial charge in [0.1, 0.15) is 0 Å². The van der Waals surface area contributed by atoms with Gasteiger partial charge >= 0.3 is 0 Å². The molecule has 1 aliphatic carbocycles. The molecule has 1 saturated carbocycles. The molecule has 0 heterocycles. The summed E-state index contributed by atoms with van der Waals surface area (Å²) >= 11 is 0. The number of unbranched alkanes of at least 4 members (excludes halogenated alkanes) is 5. The first kappa shape index (κ1) is 13.5. The zero-order valence-corrected chi connectivity index (χ0v) is 10.8. The number of hydrogen-bond donors (Lipinski definition) is 0. The summed E-state index contributed by atoms with van der Waals surface area (Å²) in [6, 6.07) is 0. The first-order valence-electron chi connectivity index (χ1n) is 6.89. The Bertz CT molecular complexity index is 226. The van der Waals surface area contributed by atoms with E-state index in [0.717, 1.165) is 13.0 Å². The summed E-state index contributed by atoms with van der Waals surface area (Å²) in [5.41, 5.74) is 4.32. The van der Waals surface area contributed by atoms with Crippen LogP contribution >= 0.6 is 0 Å². The van der Waals surface area contributed by atoms with Gasteiger partial charge in [0.05, 0.1) is 6.10 Å². The molecule has 0 N–H and O–H groups in total. The van der Waals surface area contributed by atoms with E-state index in [9.17, 15) is 0 Å². The van der Waals surface area contributed by atoms with Crippen LogP contribution in [0, 0.1) is 0 Å². The molecule has 92 valence electrons. The SMILES string of the molecule is C=C=C1CCCC1OCCCCCCCC. The molecule has 0 bridgehead atoms. The van der Waals surface area contributed by atoms with Crippen LogP contribution in [0.25, 0.3) is 0 Å². The van der Waals surface area contributed by atoms with E-state index in [2.05, 4.69) is 19.2 Å². The van der Waals surface area contributed by atoms with Crippen LogP contribution in [-0.2, 0) is 4.74 Å². The second kappa shape index (κ2) is 8.61. The van der Waals surface area contributed by atoms with Crippen molar-refractivity contribution in [3.05, 3.63) is 17.9 Å². The normalized spacial score (nSPS) is 20.1. The second-order valence-corrected chi connectivity index (χ2v) is 4.72. The minimum atomic E-state index is 0.341. The highest BCUT2D eigenvalue weighted by Crippen LogP contribution is 2.26. The smallest absolute Gasteiger partial charge is 0.0858 e. The van der Waals surface area contributed by atoms with E-state index in [1.807, 2.05) is 0 Å². The Morgan fingerprint density at radius 1 is 1.25 bits per heavy atom. The Morgan fingerprint density at radius 3 is 2.75 bits per heavy atom. The maximum atomic E-state index is 5.87. The lowest BCUT2D eigenvalue weighted by Crippen LogP contribution is -2.10. The zero-order valence-electron chi connectivity index (χ0n) is 10.8. The maximum absolute atomic E-state index is 5.87. The summed E-state index contributed by atoms with van der Waals surface area (Å²) in [6.07, 6.45) is 11.9. The molecule has 1 unspecified atom stereocenters. The van der Waals surface area contributed by atoms with Crippen LogP contribution in [0.2, 0.25) is 0 Å². The third-order valence-corrected chi connectivity index (χ3v) is 3.35. The van der Waals surface area contributed by atoms with E-state index in [1.165, 1.54) is 56.9 Å². The molecule has 1 heteroatoms. The predicted octanol–water partition coefficient (Wildman–Crippen LogP) is 4.63. The van der Waals surface area contributed by atoms with Gasteiger partial charge in [-0.1, -0.05) is 45.6 Å². The van der Waals surface area contributed by atoms with Crippen molar-refractivity contribution in [1.29, 1.82) is 0 Å². The van der Waals surface area contributed by atoms with Crippen molar-refractivity contribution in [3.63, 3.8) is 0 Å². The Morgan fingerprint density at radius 2 is 2.00 bits per heavy atom. The van der Waals surface area contributed by atoms with Crippen molar-refractivity contribution in [1.82, 2.24) is 0 Å². The van der Waals surface area contributed by atoms with E-state index in [1.54, 1.807) is 0 Å². The monoisotopic (exact) mass is 222 g/mol. The standard InChI is InChI=1S/C15H26O/c1-3-5-6-7-8-9-13-16-15-12-10-11-14(15)4-2/h15H,2-3,5-13H2,1H3. The van der Waals surface area contributed by atoms with E-state index in [-0.39, 0.29) is 0 Å². The molecular formula is C15H26O. The fraction of sp³-hybridized carbons (Fsp3) is 0.800. The topological polar surface area (TPSA) is 9.23 Å². The minimum absolute atomic E-state index is 0.341. The summed E-state index contributed by atoms with van der Waals surface area (Å²) in [6.45, 7) is 6.90. The van der Waals surface area contributed by atoms with Crippen LogP contribution < -0.4 is 0 Å². The summed E-state index contributed by atoms with van der Waals surface area (Å²) in [7, 11) is 0. The summed E-state index contributed by atoms with van der Waals surface area (Å²) in [5.74, 6) is 0. The van der Waals surface area contributed by atoms with Gasteiger partial charge in [-0.15, -0.1) is 5.73 Å². The van der Waals surface area contributed by atoms with Gasteiger partial charge in [-0.25, -0.2) is 0 Å². The van der Waals surface area contributed by atoms with Gasteiger partial charge in [0.2, 0.25) is 0 Å². The molecule has 1 aliphatic rings. The van der Waals surface area contributed by atoms with Gasteiger partial charge in [0.25, 0.3) is 0 Å². The van der Waals surface area contributed by atoms with E-state index in [0.29, 0.717) is 6.10 Å². The van der Waals surface area contributed by atoms with Gasteiger partial charge in [0, 0.05) is 6.61 Å². The Hall–Kier alpha value is -0.520. The van der Waals surface area contributed by atoms with Crippen molar-refractivity contribution >= 4 is 0 Å². The highest BCUT2D eigenvalue weighted by Gasteiger charge is 2.20. The molecule has 1 fully saturated rings. The molecular weight excluding hydrogens is 196 g/mol. The number of hydrogen-bond acceptors (Lipinski definition) is 1. The maximum Gasteiger partial charge on any atom is 0.0858 e. The highest BCUT2D eigenvalue weighted by molar-refractivity contribution is 5.10. The molecule has 0 spiro atoms. The quantitative estimate of drug-likeness (QED) is 0.430. The molecule has 0 aromatic rings. The lowest BCUT2D eigenvalue weighted by atomic mass is 10.1. The summed E-state index contributed by atoms with van der Waals surface area (Å²) in [4.78, 5) is 0. The first-order chi connectivity index (χ1) is 7.88. The van der Waals surface area contributed by atoms with Crippen LogP contribution in [0.1, 0.15) is 64.7 Å². The fourth-order valence-electron chi connectivity index (χ4n) is 2.31. The fourth-order valence-corrected chi connectivity index (χ4v) is 2.31. The highest BCUT2D eigenvalue weighted by atomic mass is 16.5. The van der Waals surface area contributed by atoms with Crippen molar-refractivity contribution in [2.24, 2.45) is 0 Å². The average Bonchev–Trinajstić information content (AvgIpc) is 2.75. The van der Waals surface area contributed by atoms with Crippen molar-refractivity contribution in [2.45, 2.75) is 70.8 Å². The van der Waals surface area contributed by atoms with Crippen LogP contribution in [0.15, 0.2) is 17.9 Å². The second-order valence-electron chi connectivity index (χ2n) is 4.72. The Labute approximate surface area is 101 Å². The lowest BCUT2D eigenvalue weighted by Gasteiger charge is -2.11. The zero-order chi connectivity index (χ0) is 11.6. The third-order valence-electron chi connectivity index (χ3n) is 3.35. The Kier molecular flexibility index (Phi) is 7.29. The van der Waals surface area contributed by atoms with Crippen LogP contribution in [-0.4, -0.2) is 12.7 Å². The largest absolute Gasteiger partial charge is 0.373 e. The molecule has 0 saturated heterocycles. The number of ether oxygens (including phenoxy) is 1. The van der Waals surface area contributed by atoms with E-state index in [4.69, 9.17) is 4.74 Å². The molecule has 0 aromatic carbocycles. The van der Waals surface area contributed by atoms with Gasteiger partial charge in [0.15, 0.2) is 0 Å². The van der Waals surface area contributed by atoms with E-state index < -0.39 is 0 Å². The number of rotatable bonds is 8. The lowest BCUT2D eigenvalue weighted by molar-refractivity contribution is 0.0786. The van der Waals surface area contributed by atoms with Gasteiger partial charge in [-0.2, -0.15) is 0 Å². The van der Waals surface area contributed by atoms with E-state index >= 15 is 0 Å². The van der Waals surface area contributed by atoms with Crippen molar-refractivity contribution in [3.8, 4) is 0 Å². The van der Waals surface area contributed by atoms with Gasteiger partial charge in [-0.3, -0.25) is 0 Å². The van der Waals surface area contributed by atoms with Crippen LogP contribution in [0.4, 0.5) is 0 Å².